The van der Waals surface area contributed by atoms with Crippen LogP contribution in [0, 0.1) is 5.82 Å². The summed E-state index contributed by atoms with van der Waals surface area (Å²) in [4.78, 5) is 4.06. The van der Waals surface area contributed by atoms with E-state index in [9.17, 15) is 4.39 Å². The van der Waals surface area contributed by atoms with Gasteiger partial charge in [-0.3, -0.25) is 0 Å². The molecule has 1 aromatic carbocycles. The van der Waals surface area contributed by atoms with Gasteiger partial charge < -0.3 is 14.8 Å². The lowest BCUT2D eigenvalue weighted by Crippen LogP contribution is -2.02. The first kappa shape index (κ1) is 13.1. The molecule has 1 heterocycles. The molecule has 2 rings (SSSR count). The molecule has 0 aliphatic carbocycles. The second-order valence-electron chi connectivity index (χ2n) is 3.90. The highest BCUT2D eigenvalue weighted by molar-refractivity contribution is 5.43. The van der Waals surface area contributed by atoms with E-state index in [0.29, 0.717) is 23.7 Å². The molecule has 0 fully saturated rings. The van der Waals surface area contributed by atoms with E-state index in [1.54, 1.807) is 31.5 Å². The van der Waals surface area contributed by atoms with Gasteiger partial charge in [0.1, 0.15) is 11.6 Å². The van der Waals surface area contributed by atoms with E-state index in [1.807, 2.05) is 6.07 Å². The van der Waals surface area contributed by atoms with Gasteiger partial charge in [-0.1, -0.05) is 6.07 Å². The maximum Gasteiger partial charge on any atom is 0.213 e. The summed E-state index contributed by atoms with van der Waals surface area (Å²) in [7, 11) is 3.07. The highest BCUT2D eigenvalue weighted by atomic mass is 19.1. The first-order chi connectivity index (χ1) is 9.22. The van der Waals surface area contributed by atoms with E-state index in [0.717, 1.165) is 5.69 Å². The number of nitrogens with zero attached hydrogens (tertiary/aromatic N) is 1. The zero-order chi connectivity index (χ0) is 13.7. The Morgan fingerprint density at radius 2 is 2.00 bits per heavy atom. The third-order valence-corrected chi connectivity index (χ3v) is 2.69. The minimum atomic E-state index is -0.298. The maximum absolute atomic E-state index is 13.7. The normalized spacial score (nSPS) is 10.1. The fraction of sp³-hybridized carbons (Fsp3) is 0.214. The number of methoxy groups -OCH3 is 2. The number of benzene rings is 1. The van der Waals surface area contributed by atoms with Crippen molar-refractivity contribution in [3.05, 3.63) is 47.9 Å². The van der Waals surface area contributed by atoms with Gasteiger partial charge >= 0.3 is 0 Å². The molecule has 1 aromatic heterocycles. The smallest absolute Gasteiger partial charge is 0.213 e. The molecule has 2 aromatic rings. The van der Waals surface area contributed by atoms with Crippen LogP contribution < -0.4 is 14.8 Å². The molecular weight excluding hydrogens is 247 g/mol. The molecule has 0 bridgehead atoms. The minimum Gasteiger partial charge on any atom is -0.497 e. The van der Waals surface area contributed by atoms with Gasteiger partial charge in [-0.25, -0.2) is 9.37 Å². The SMILES string of the molecule is COc1ccc(CNc2ccc(OC)nc2)c(F)c1. The Bertz CT molecular complexity index is 544. The molecule has 0 unspecified atom stereocenters. The topological polar surface area (TPSA) is 43.4 Å². The summed E-state index contributed by atoms with van der Waals surface area (Å²) in [6.07, 6.45) is 1.64. The molecular formula is C14H15FN2O2. The molecule has 5 heteroatoms. The second kappa shape index (κ2) is 6.04. The Morgan fingerprint density at radius 1 is 1.16 bits per heavy atom. The summed E-state index contributed by atoms with van der Waals surface area (Å²) in [6.45, 7) is 0.379. The van der Waals surface area contributed by atoms with E-state index in [-0.39, 0.29) is 5.82 Å². The number of ether oxygens (including phenoxy) is 2. The van der Waals surface area contributed by atoms with Gasteiger partial charge in [0.2, 0.25) is 5.88 Å². The van der Waals surface area contributed by atoms with Crippen LogP contribution in [0.3, 0.4) is 0 Å². The average Bonchev–Trinajstić information content (AvgIpc) is 2.46. The van der Waals surface area contributed by atoms with E-state index in [4.69, 9.17) is 9.47 Å². The second-order valence-corrected chi connectivity index (χ2v) is 3.90. The number of pyridine rings is 1. The van der Waals surface area contributed by atoms with Crippen molar-refractivity contribution in [1.29, 1.82) is 0 Å². The molecule has 1 N–H and O–H groups in total. The van der Waals surface area contributed by atoms with E-state index in [2.05, 4.69) is 10.3 Å². The summed E-state index contributed by atoms with van der Waals surface area (Å²) in [6, 6.07) is 8.35. The van der Waals surface area contributed by atoms with Crippen molar-refractivity contribution >= 4 is 5.69 Å². The Kier molecular flexibility index (Phi) is 4.18. The standard InChI is InChI=1S/C14H15FN2O2/c1-18-12-5-3-10(13(15)7-12)8-16-11-4-6-14(19-2)17-9-11/h3-7,9,16H,8H2,1-2H3. The van der Waals surface area contributed by atoms with Crippen LogP contribution >= 0.6 is 0 Å². The predicted octanol–water partition coefficient (Wildman–Crippen LogP) is 2.85. The van der Waals surface area contributed by atoms with Gasteiger partial charge in [-0.05, 0) is 12.1 Å². The molecule has 0 spiro atoms. The largest absolute Gasteiger partial charge is 0.497 e. The number of rotatable bonds is 5. The van der Waals surface area contributed by atoms with Crippen molar-refractivity contribution in [1.82, 2.24) is 4.98 Å². The van der Waals surface area contributed by atoms with Gasteiger partial charge in [-0.15, -0.1) is 0 Å². The first-order valence-corrected chi connectivity index (χ1v) is 5.79. The Hall–Kier alpha value is -2.30. The summed E-state index contributed by atoms with van der Waals surface area (Å²) in [5, 5.41) is 3.09. The molecule has 0 saturated carbocycles. The molecule has 0 radical (unpaired) electrons. The Balaban J connectivity index is 2.01. The van der Waals surface area contributed by atoms with Crippen LogP contribution in [-0.2, 0) is 6.54 Å². The molecule has 0 amide bonds. The Labute approximate surface area is 111 Å². The fourth-order valence-corrected chi connectivity index (χ4v) is 1.60. The lowest BCUT2D eigenvalue weighted by atomic mass is 10.2. The van der Waals surface area contributed by atoms with Crippen molar-refractivity contribution in [3.63, 3.8) is 0 Å². The average molecular weight is 262 g/mol. The molecule has 0 saturated heterocycles. The van der Waals surface area contributed by atoms with Gasteiger partial charge in [0.15, 0.2) is 0 Å². The lowest BCUT2D eigenvalue weighted by Gasteiger charge is -2.08. The zero-order valence-corrected chi connectivity index (χ0v) is 10.8. The molecule has 0 aliphatic rings. The quantitative estimate of drug-likeness (QED) is 0.899. The van der Waals surface area contributed by atoms with Crippen molar-refractivity contribution in [3.8, 4) is 11.6 Å². The summed E-state index contributed by atoms with van der Waals surface area (Å²) >= 11 is 0. The van der Waals surface area contributed by atoms with Crippen molar-refractivity contribution in [2.24, 2.45) is 0 Å². The predicted molar refractivity (Wildman–Crippen MR) is 71.1 cm³/mol. The summed E-state index contributed by atoms with van der Waals surface area (Å²) in [5.41, 5.74) is 1.37. The number of hydrogen-bond acceptors (Lipinski definition) is 4. The highest BCUT2D eigenvalue weighted by Crippen LogP contribution is 2.18. The summed E-state index contributed by atoms with van der Waals surface area (Å²) < 4.78 is 23.6. The third kappa shape index (κ3) is 3.34. The fourth-order valence-electron chi connectivity index (χ4n) is 1.60. The van der Waals surface area contributed by atoms with Crippen molar-refractivity contribution < 1.29 is 13.9 Å². The lowest BCUT2D eigenvalue weighted by molar-refractivity contribution is 0.398. The molecule has 19 heavy (non-hydrogen) atoms. The van der Waals surface area contributed by atoms with Crippen LogP contribution in [0.2, 0.25) is 0 Å². The number of halogens is 1. The number of hydrogen-bond donors (Lipinski definition) is 1. The molecule has 0 aliphatic heterocycles. The van der Waals surface area contributed by atoms with E-state index < -0.39 is 0 Å². The van der Waals surface area contributed by atoms with Crippen molar-refractivity contribution in [2.45, 2.75) is 6.54 Å². The third-order valence-electron chi connectivity index (χ3n) is 2.69. The molecule has 100 valence electrons. The zero-order valence-electron chi connectivity index (χ0n) is 10.8. The van der Waals surface area contributed by atoms with E-state index in [1.165, 1.54) is 13.2 Å². The van der Waals surface area contributed by atoms with Gasteiger partial charge in [0.05, 0.1) is 26.1 Å². The first-order valence-electron chi connectivity index (χ1n) is 5.79. The van der Waals surface area contributed by atoms with E-state index >= 15 is 0 Å². The molecule has 4 nitrogen and oxygen atoms in total. The minimum absolute atomic E-state index is 0.298. The highest BCUT2D eigenvalue weighted by Gasteiger charge is 2.04. The van der Waals surface area contributed by atoms with Crippen LogP contribution in [0.4, 0.5) is 10.1 Å². The summed E-state index contributed by atoms with van der Waals surface area (Å²) in [5.74, 6) is 0.752. The van der Waals surface area contributed by atoms with Gasteiger partial charge in [0.25, 0.3) is 0 Å². The van der Waals surface area contributed by atoms with Crippen molar-refractivity contribution in [2.75, 3.05) is 19.5 Å². The number of nitrogens with one attached hydrogen (secondary N) is 1. The number of aromatic nitrogens is 1. The van der Waals surface area contributed by atoms with Gasteiger partial charge in [0, 0.05) is 24.2 Å². The van der Waals surface area contributed by atoms with Crippen LogP contribution in [0.15, 0.2) is 36.5 Å². The monoisotopic (exact) mass is 262 g/mol. The Morgan fingerprint density at radius 3 is 2.58 bits per heavy atom. The number of anilines is 1. The maximum atomic E-state index is 13.7. The van der Waals surface area contributed by atoms with Crippen LogP contribution in [0.5, 0.6) is 11.6 Å². The van der Waals surface area contributed by atoms with Gasteiger partial charge in [-0.2, -0.15) is 0 Å². The van der Waals surface area contributed by atoms with Crippen LogP contribution in [0.1, 0.15) is 5.56 Å². The molecule has 0 atom stereocenters. The van der Waals surface area contributed by atoms with Crippen LogP contribution in [-0.4, -0.2) is 19.2 Å². The van der Waals surface area contributed by atoms with Crippen LogP contribution in [0.25, 0.3) is 0 Å².